The van der Waals surface area contributed by atoms with Gasteiger partial charge in [-0.1, -0.05) is 0 Å². The molecule has 5 nitrogen and oxygen atoms in total. The van der Waals surface area contributed by atoms with Gasteiger partial charge < -0.3 is 15.3 Å². The summed E-state index contributed by atoms with van der Waals surface area (Å²) in [5, 5.41) is 13.7. The highest BCUT2D eigenvalue weighted by Crippen LogP contribution is 2.39. The number of aryl methyl sites for hydroxylation is 1. The van der Waals surface area contributed by atoms with Gasteiger partial charge in [-0.15, -0.1) is 36.2 Å². The Bertz CT molecular complexity index is 860. The van der Waals surface area contributed by atoms with Crippen LogP contribution in [0.4, 0.5) is 20.8 Å². The number of likely N-dealkylation sites (N-methyl/N-ethyl adjacent to an activating group) is 1. The second-order valence-electron chi connectivity index (χ2n) is 6.91. The maximum Gasteiger partial charge on any atom is 0.139 e. The molecule has 0 spiro atoms. The minimum atomic E-state index is -0.271. The molecule has 0 saturated carbocycles. The van der Waals surface area contributed by atoms with Gasteiger partial charge in [0.1, 0.15) is 16.7 Å². The van der Waals surface area contributed by atoms with Gasteiger partial charge in [-0.3, -0.25) is 4.90 Å². The number of aliphatic hydroxyl groups excluding tert-OH is 1. The molecule has 0 amide bonds. The van der Waals surface area contributed by atoms with Crippen molar-refractivity contribution in [3.8, 4) is 0 Å². The van der Waals surface area contributed by atoms with Crippen molar-refractivity contribution in [2.24, 2.45) is 4.99 Å². The lowest BCUT2D eigenvalue weighted by molar-refractivity contribution is 0.115. The lowest BCUT2D eigenvalue weighted by atomic mass is 10.1. The first-order chi connectivity index (χ1) is 12.5. The standard InChI is InChI=1S/C19H23FN4OS.2ClH/c1-12-9-15-18(24-7-6-23(2)14(11-24)5-8-25)21-16-4-3-13(20)10-17(16)22-19(15)26-12;;/h3-4,9-10,14,22,25H,5-8,11H2,1-2H3;2*1H/t14-;;/m0../s1. The predicted molar refractivity (Wildman–Crippen MR) is 119 cm³/mol. The number of anilines is 2. The van der Waals surface area contributed by atoms with Gasteiger partial charge in [0.25, 0.3) is 0 Å². The Morgan fingerprint density at radius 1 is 1.29 bits per heavy atom. The van der Waals surface area contributed by atoms with E-state index in [1.807, 2.05) is 0 Å². The van der Waals surface area contributed by atoms with Gasteiger partial charge in [-0.2, -0.15) is 0 Å². The zero-order chi connectivity index (χ0) is 18.3. The number of halogens is 3. The minimum Gasteiger partial charge on any atom is -0.396 e. The van der Waals surface area contributed by atoms with Crippen molar-refractivity contribution in [2.45, 2.75) is 19.4 Å². The van der Waals surface area contributed by atoms with Gasteiger partial charge in [-0.05, 0) is 44.7 Å². The highest BCUT2D eigenvalue weighted by Gasteiger charge is 2.29. The number of rotatable bonds is 2. The van der Waals surface area contributed by atoms with Crippen molar-refractivity contribution in [3.63, 3.8) is 0 Å². The molecule has 9 heteroatoms. The Labute approximate surface area is 181 Å². The van der Waals surface area contributed by atoms with Crippen LogP contribution in [0.2, 0.25) is 0 Å². The maximum absolute atomic E-state index is 13.7. The zero-order valence-corrected chi connectivity index (χ0v) is 18.3. The number of nitrogens with one attached hydrogen (secondary N) is 1. The van der Waals surface area contributed by atoms with E-state index in [4.69, 9.17) is 4.99 Å². The molecule has 1 fully saturated rings. The first-order valence-electron chi connectivity index (χ1n) is 8.87. The number of hydrogen-bond acceptors (Lipinski definition) is 6. The van der Waals surface area contributed by atoms with Gasteiger partial charge in [0.05, 0.1) is 16.9 Å². The van der Waals surface area contributed by atoms with E-state index in [0.29, 0.717) is 11.7 Å². The normalized spacial score (nSPS) is 18.6. The van der Waals surface area contributed by atoms with Crippen molar-refractivity contribution in [1.29, 1.82) is 0 Å². The number of aliphatic hydroxyl groups is 1. The summed E-state index contributed by atoms with van der Waals surface area (Å²) >= 11 is 1.66. The van der Waals surface area contributed by atoms with Crippen molar-refractivity contribution < 1.29 is 9.50 Å². The molecule has 28 heavy (non-hydrogen) atoms. The molecule has 4 rings (SSSR count). The quantitative estimate of drug-likeness (QED) is 0.726. The number of benzene rings is 1. The largest absolute Gasteiger partial charge is 0.396 e. The van der Waals surface area contributed by atoms with E-state index >= 15 is 0 Å². The molecule has 1 aromatic heterocycles. The molecule has 2 aromatic rings. The SMILES string of the molecule is Cc1cc2c(s1)Nc1cc(F)ccc1N=C2N1CCN(C)[C@@H](CCO)C1.Cl.Cl. The van der Waals surface area contributed by atoms with Gasteiger partial charge in [-0.25, -0.2) is 9.38 Å². The molecule has 3 heterocycles. The summed E-state index contributed by atoms with van der Waals surface area (Å²) in [5.41, 5.74) is 2.51. The van der Waals surface area contributed by atoms with Crippen LogP contribution in [-0.2, 0) is 0 Å². The van der Waals surface area contributed by atoms with Crippen LogP contribution in [0.3, 0.4) is 0 Å². The fourth-order valence-corrected chi connectivity index (χ4v) is 4.54. The third-order valence-electron chi connectivity index (χ3n) is 5.07. The highest BCUT2D eigenvalue weighted by molar-refractivity contribution is 7.16. The third kappa shape index (κ3) is 4.44. The zero-order valence-electron chi connectivity index (χ0n) is 15.8. The third-order valence-corrected chi connectivity index (χ3v) is 6.03. The first-order valence-corrected chi connectivity index (χ1v) is 9.69. The molecule has 0 bridgehead atoms. The maximum atomic E-state index is 13.7. The molecular weight excluding hydrogens is 422 g/mol. The first kappa shape index (κ1) is 22.9. The van der Waals surface area contributed by atoms with Crippen LogP contribution in [0.25, 0.3) is 0 Å². The van der Waals surface area contributed by atoms with Crippen LogP contribution in [0.5, 0.6) is 0 Å². The van der Waals surface area contributed by atoms with Crippen LogP contribution in [0.1, 0.15) is 16.9 Å². The molecule has 1 atom stereocenters. The number of fused-ring (bicyclic) bond motifs is 2. The molecule has 0 aliphatic carbocycles. The Morgan fingerprint density at radius 2 is 2.07 bits per heavy atom. The van der Waals surface area contributed by atoms with E-state index in [9.17, 15) is 9.50 Å². The Morgan fingerprint density at radius 3 is 2.82 bits per heavy atom. The average molecular weight is 447 g/mol. The van der Waals surface area contributed by atoms with Crippen molar-refractivity contribution in [2.75, 3.05) is 38.6 Å². The van der Waals surface area contributed by atoms with Gasteiger partial charge in [0.15, 0.2) is 0 Å². The summed E-state index contributed by atoms with van der Waals surface area (Å²) in [6.45, 7) is 4.88. The van der Waals surface area contributed by atoms with Gasteiger partial charge >= 0.3 is 0 Å². The van der Waals surface area contributed by atoms with Gasteiger partial charge in [0, 0.05) is 37.2 Å². The highest BCUT2D eigenvalue weighted by atomic mass is 35.5. The fourth-order valence-electron chi connectivity index (χ4n) is 3.62. The molecule has 154 valence electrons. The molecular formula is C19H25Cl2FN4OS. The Balaban J connectivity index is 0.00000140. The fraction of sp³-hybridized carbons (Fsp3) is 0.421. The summed E-state index contributed by atoms with van der Waals surface area (Å²) in [6.07, 6.45) is 0.746. The molecule has 2 aliphatic rings. The number of thiophene rings is 1. The molecule has 2 N–H and O–H groups in total. The summed E-state index contributed by atoms with van der Waals surface area (Å²) < 4.78 is 13.7. The molecule has 2 aliphatic heterocycles. The van der Waals surface area contributed by atoms with E-state index in [2.05, 4.69) is 35.2 Å². The lowest BCUT2D eigenvalue weighted by Gasteiger charge is -2.40. The number of piperazine rings is 1. The van der Waals surface area contributed by atoms with Crippen LogP contribution in [0, 0.1) is 12.7 Å². The number of amidine groups is 1. The topological polar surface area (TPSA) is 51.1 Å². The van der Waals surface area contributed by atoms with Crippen LogP contribution < -0.4 is 5.32 Å². The van der Waals surface area contributed by atoms with E-state index in [0.717, 1.165) is 48.1 Å². The lowest BCUT2D eigenvalue weighted by Crippen LogP contribution is -2.53. The van der Waals surface area contributed by atoms with E-state index in [-0.39, 0.29) is 37.2 Å². The monoisotopic (exact) mass is 446 g/mol. The minimum absolute atomic E-state index is 0. The summed E-state index contributed by atoms with van der Waals surface area (Å²) in [4.78, 5) is 10.7. The molecule has 1 saturated heterocycles. The molecule has 1 aromatic carbocycles. The molecule has 0 radical (unpaired) electrons. The summed E-state index contributed by atoms with van der Waals surface area (Å²) in [7, 11) is 2.10. The van der Waals surface area contributed by atoms with E-state index in [1.165, 1.54) is 17.0 Å². The number of aliphatic imine (C=N–C) groups is 1. The van der Waals surface area contributed by atoms with E-state index in [1.54, 1.807) is 17.4 Å². The van der Waals surface area contributed by atoms with Crippen molar-refractivity contribution in [3.05, 3.63) is 40.5 Å². The molecule has 0 unspecified atom stereocenters. The van der Waals surface area contributed by atoms with Crippen LogP contribution in [0.15, 0.2) is 29.3 Å². The van der Waals surface area contributed by atoms with E-state index < -0.39 is 0 Å². The van der Waals surface area contributed by atoms with Gasteiger partial charge in [0.2, 0.25) is 0 Å². The number of nitrogens with zero attached hydrogens (tertiary/aromatic N) is 3. The van der Waals surface area contributed by atoms with Crippen LogP contribution >= 0.6 is 36.2 Å². The predicted octanol–water partition coefficient (Wildman–Crippen LogP) is 4.17. The summed E-state index contributed by atoms with van der Waals surface area (Å²) in [6, 6.07) is 7.11. The van der Waals surface area contributed by atoms with Crippen molar-refractivity contribution in [1.82, 2.24) is 9.80 Å². The average Bonchev–Trinajstić information content (AvgIpc) is 2.90. The second kappa shape index (κ2) is 9.41. The number of hydrogen-bond donors (Lipinski definition) is 2. The van der Waals surface area contributed by atoms with Crippen molar-refractivity contribution >= 4 is 58.4 Å². The van der Waals surface area contributed by atoms with Crippen LogP contribution in [-0.4, -0.2) is 60.1 Å². The Hall–Kier alpha value is -1.38. The smallest absolute Gasteiger partial charge is 0.139 e. The second-order valence-corrected chi connectivity index (χ2v) is 8.17. The summed E-state index contributed by atoms with van der Waals surface area (Å²) in [5.74, 6) is 0.658. The Kier molecular flexibility index (Phi) is 7.70.